The van der Waals surface area contributed by atoms with Gasteiger partial charge in [0.2, 0.25) is 0 Å². The summed E-state index contributed by atoms with van der Waals surface area (Å²) < 4.78 is 3.88. The number of aliphatic imine (C=N–C) groups is 1. The van der Waals surface area contributed by atoms with Crippen LogP contribution < -0.4 is 5.32 Å². The van der Waals surface area contributed by atoms with Gasteiger partial charge >= 0.3 is 0 Å². The van der Waals surface area contributed by atoms with Gasteiger partial charge in [-0.15, -0.1) is 5.10 Å². The fraction of sp³-hybridized carbons (Fsp3) is 0.280. The van der Waals surface area contributed by atoms with E-state index in [9.17, 15) is 0 Å². The van der Waals surface area contributed by atoms with Crippen LogP contribution in [0.3, 0.4) is 0 Å². The lowest BCUT2D eigenvalue weighted by Crippen LogP contribution is -2.26. The maximum atomic E-state index is 4.74. The molecule has 8 heteroatoms. The van der Waals surface area contributed by atoms with Crippen LogP contribution in [0.1, 0.15) is 36.2 Å². The van der Waals surface area contributed by atoms with E-state index in [0.717, 1.165) is 53.3 Å². The van der Waals surface area contributed by atoms with E-state index < -0.39 is 0 Å². The maximum Gasteiger partial charge on any atom is 0.137 e. The second kappa shape index (κ2) is 8.29. The molecule has 0 bridgehead atoms. The van der Waals surface area contributed by atoms with E-state index in [2.05, 4.69) is 51.1 Å². The predicted molar refractivity (Wildman–Crippen MR) is 128 cm³/mol. The number of hydrogen-bond donors (Lipinski definition) is 1. The quantitative estimate of drug-likeness (QED) is 0.611. The van der Waals surface area contributed by atoms with E-state index in [1.54, 1.807) is 4.68 Å². The average molecular weight is 439 g/mol. The zero-order valence-corrected chi connectivity index (χ0v) is 18.4. The molecular formula is C25H26N8. The fourth-order valence-electron chi connectivity index (χ4n) is 4.33. The van der Waals surface area contributed by atoms with Gasteiger partial charge < -0.3 is 14.6 Å². The van der Waals surface area contributed by atoms with Crippen molar-refractivity contribution in [3.8, 4) is 0 Å². The van der Waals surface area contributed by atoms with E-state index in [1.165, 1.54) is 24.8 Å². The Kier molecular flexibility index (Phi) is 4.99. The van der Waals surface area contributed by atoms with Crippen molar-refractivity contribution in [1.29, 1.82) is 0 Å². The largest absolute Gasteiger partial charge is 0.312 e. The summed E-state index contributed by atoms with van der Waals surface area (Å²) in [4.78, 5) is 11.4. The molecule has 3 aromatic heterocycles. The molecule has 0 aromatic carbocycles. The van der Waals surface area contributed by atoms with Crippen LogP contribution in [0.15, 0.2) is 78.5 Å². The number of nitrogens with zero attached hydrogens (tertiary/aromatic N) is 7. The highest BCUT2D eigenvalue weighted by molar-refractivity contribution is 6.01. The monoisotopic (exact) mass is 438 g/mol. The van der Waals surface area contributed by atoms with Gasteiger partial charge in [0.25, 0.3) is 0 Å². The lowest BCUT2D eigenvalue weighted by Gasteiger charge is -2.26. The van der Waals surface area contributed by atoms with Crippen molar-refractivity contribution in [3.63, 3.8) is 0 Å². The van der Waals surface area contributed by atoms with Gasteiger partial charge in [-0.3, -0.25) is 0 Å². The van der Waals surface area contributed by atoms with Gasteiger partial charge in [0.1, 0.15) is 17.2 Å². The van der Waals surface area contributed by atoms with Crippen molar-refractivity contribution in [1.82, 2.24) is 34.6 Å². The van der Waals surface area contributed by atoms with E-state index in [0.29, 0.717) is 6.54 Å². The first-order chi connectivity index (χ1) is 16.2. The molecule has 1 saturated carbocycles. The van der Waals surface area contributed by atoms with Crippen molar-refractivity contribution in [2.75, 3.05) is 6.54 Å². The van der Waals surface area contributed by atoms with Gasteiger partial charge in [0.05, 0.1) is 24.1 Å². The molecular weight excluding hydrogens is 412 g/mol. The third-order valence-corrected chi connectivity index (χ3v) is 6.36. The van der Waals surface area contributed by atoms with E-state index in [4.69, 9.17) is 9.98 Å². The predicted octanol–water partition coefficient (Wildman–Crippen LogP) is 3.52. The Morgan fingerprint density at radius 3 is 2.94 bits per heavy atom. The number of rotatable bonds is 7. The molecule has 6 rings (SSSR count). The van der Waals surface area contributed by atoms with Crippen LogP contribution in [-0.2, 0) is 13.1 Å². The van der Waals surface area contributed by atoms with Gasteiger partial charge in [-0.2, -0.15) is 0 Å². The lowest BCUT2D eigenvalue weighted by atomic mass is 9.85. The van der Waals surface area contributed by atoms with Crippen LogP contribution >= 0.6 is 0 Å². The first kappa shape index (κ1) is 19.9. The minimum Gasteiger partial charge on any atom is -0.312 e. The molecule has 3 aromatic rings. The molecule has 1 fully saturated rings. The van der Waals surface area contributed by atoms with Gasteiger partial charge in [-0.05, 0) is 55.2 Å². The minimum absolute atomic E-state index is 0.545. The molecule has 8 nitrogen and oxygen atoms in total. The first-order valence-corrected chi connectivity index (χ1v) is 11.4. The molecule has 3 aliphatic rings. The molecule has 1 aliphatic carbocycles. The van der Waals surface area contributed by atoms with Crippen molar-refractivity contribution < 1.29 is 0 Å². The number of amidine groups is 1. The molecule has 1 N–H and O–H groups in total. The Morgan fingerprint density at radius 2 is 2.06 bits per heavy atom. The topological polar surface area (TPSA) is 75.6 Å². The summed E-state index contributed by atoms with van der Waals surface area (Å²) in [6, 6.07) is 4.22. The molecule has 0 spiro atoms. The second-order valence-corrected chi connectivity index (χ2v) is 8.83. The molecule has 2 aliphatic heterocycles. The van der Waals surface area contributed by atoms with Gasteiger partial charge in [0.15, 0.2) is 0 Å². The summed E-state index contributed by atoms with van der Waals surface area (Å²) in [5, 5.41) is 12.2. The minimum atomic E-state index is 0.545. The lowest BCUT2D eigenvalue weighted by molar-refractivity contribution is 0.301. The van der Waals surface area contributed by atoms with Crippen LogP contribution in [0.25, 0.3) is 11.3 Å². The fourth-order valence-corrected chi connectivity index (χ4v) is 4.33. The molecule has 0 saturated heterocycles. The van der Waals surface area contributed by atoms with Crippen LogP contribution in [0.5, 0.6) is 0 Å². The normalized spacial score (nSPS) is 17.8. The smallest absolute Gasteiger partial charge is 0.137 e. The number of aromatic nitrogens is 5. The van der Waals surface area contributed by atoms with Crippen molar-refractivity contribution >= 4 is 17.2 Å². The summed E-state index contributed by atoms with van der Waals surface area (Å²) in [7, 11) is 0. The first-order valence-electron chi connectivity index (χ1n) is 11.4. The zero-order chi connectivity index (χ0) is 22.2. The van der Waals surface area contributed by atoms with Crippen LogP contribution in [0.4, 0.5) is 0 Å². The van der Waals surface area contributed by atoms with Crippen LogP contribution in [-0.4, -0.2) is 41.7 Å². The van der Waals surface area contributed by atoms with Gasteiger partial charge in [-0.1, -0.05) is 30.4 Å². The Bertz CT molecular complexity index is 1330. The summed E-state index contributed by atoms with van der Waals surface area (Å²) in [6.45, 7) is 6.67. The highest BCUT2D eigenvalue weighted by Crippen LogP contribution is 2.26. The van der Waals surface area contributed by atoms with E-state index in [1.807, 2.05) is 41.6 Å². The number of pyridine rings is 1. The molecule has 0 unspecified atom stereocenters. The molecule has 5 heterocycles. The second-order valence-electron chi connectivity index (χ2n) is 8.83. The summed E-state index contributed by atoms with van der Waals surface area (Å²) in [5.74, 6) is 1.69. The summed E-state index contributed by atoms with van der Waals surface area (Å²) >= 11 is 0. The van der Waals surface area contributed by atoms with Gasteiger partial charge in [0, 0.05) is 30.8 Å². The zero-order valence-electron chi connectivity index (χ0n) is 18.4. The number of nitrogens with one attached hydrogen (secondary N) is 1. The number of fused-ring (bicyclic) bond motifs is 2. The SMILES string of the molecule is C=C1C=C(c2cn(Cc3cn4cc(CNCC5CCC5)ccc4n3)nn2)N=C2C=CC=CN12. The van der Waals surface area contributed by atoms with E-state index in [-0.39, 0.29) is 0 Å². The molecule has 0 amide bonds. The highest BCUT2D eigenvalue weighted by atomic mass is 15.4. The molecule has 166 valence electrons. The molecule has 0 atom stereocenters. The Hall–Kier alpha value is -3.78. The van der Waals surface area contributed by atoms with Gasteiger partial charge in [-0.25, -0.2) is 14.7 Å². The van der Waals surface area contributed by atoms with Crippen molar-refractivity contribution in [3.05, 3.63) is 90.5 Å². The maximum absolute atomic E-state index is 4.74. The number of hydrogen-bond acceptors (Lipinski definition) is 6. The van der Waals surface area contributed by atoms with Crippen LogP contribution in [0, 0.1) is 5.92 Å². The molecule has 33 heavy (non-hydrogen) atoms. The van der Waals surface area contributed by atoms with Crippen molar-refractivity contribution in [2.45, 2.75) is 32.4 Å². The summed E-state index contributed by atoms with van der Waals surface area (Å²) in [5.41, 5.74) is 5.46. The summed E-state index contributed by atoms with van der Waals surface area (Å²) in [6.07, 6.45) is 20.0. The van der Waals surface area contributed by atoms with Crippen molar-refractivity contribution in [2.24, 2.45) is 10.9 Å². The third-order valence-electron chi connectivity index (χ3n) is 6.36. The average Bonchev–Trinajstić information content (AvgIpc) is 3.42. The van der Waals surface area contributed by atoms with Crippen LogP contribution in [0.2, 0.25) is 0 Å². The highest BCUT2D eigenvalue weighted by Gasteiger charge is 2.19. The Labute approximate surface area is 192 Å². The number of allylic oxidation sites excluding steroid dienone is 3. The molecule has 0 radical (unpaired) electrons. The third kappa shape index (κ3) is 4.05. The number of imidazole rings is 1. The Morgan fingerprint density at radius 1 is 1.12 bits per heavy atom. The standard InChI is InChI=1S/C25H26N8/c1-18-11-22(28-25-7-2-3-10-33(18)25)23-17-32(30-29-23)16-21-15-31-14-20(8-9-24(31)27-21)13-26-12-19-5-4-6-19/h2-3,7-11,14-15,17,19,26H,1,4-6,12-13,16H2. The van der Waals surface area contributed by atoms with E-state index >= 15 is 0 Å². The Balaban J connectivity index is 1.14.